The van der Waals surface area contributed by atoms with Crippen molar-refractivity contribution in [3.05, 3.63) is 35.9 Å². The van der Waals surface area contributed by atoms with Gasteiger partial charge in [-0.25, -0.2) is 30.5 Å². The van der Waals surface area contributed by atoms with Crippen LogP contribution < -0.4 is 10.9 Å². The van der Waals surface area contributed by atoms with E-state index in [1.165, 1.54) is 10.0 Å². The molecule has 2 aliphatic rings. The highest BCUT2D eigenvalue weighted by atomic mass is 16.6. The van der Waals surface area contributed by atoms with Crippen molar-refractivity contribution in [2.75, 3.05) is 26.2 Å². The Morgan fingerprint density at radius 2 is 1.52 bits per heavy atom. The summed E-state index contributed by atoms with van der Waals surface area (Å²) in [7, 11) is 0. The van der Waals surface area contributed by atoms with Gasteiger partial charge in [0.15, 0.2) is 0 Å². The van der Waals surface area contributed by atoms with Crippen LogP contribution in [0.1, 0.15) is 39.2 Å². The molecule has 0 spiro atoms. The molecule has 1 aromatic rings. The maximum absolute atomic E-state index is 11.5. The van der Waals surface area contributed by atoms with E-state index in [2.05, 4.69) is 10.9 Å². The SMILES string of the molecule is CC(C)(C)OC(=O)N1CCCN1.O=C(OCc1ccccc1)N1CCCN1. The first kappa shape index (κ1) is 21.0. The van der Waals surface area contributed by atoms with Crippen LogP contribution in [0.25, 0.3) is 0 Å². The van der Waals surface area contributed by atoms with E-state index >= 15 is 0 Å². The Bertz CT molecular complexity index is 591. The molecule has 3 rings (SSSR count). The minimum Gasteiger partial charge on any atom is -0.444 e. The van der Waals surface area contributed by atoms with Crippen molar-refractivity contribution >= 4 is 12.2 Å². The van der Waals surface area contributed by atoms with Crippen LogP contribution in [0.2, 0.25) is 0 Å². The second kappa shape index (κ2) is 10.1. The van der Waals surface area contributed by atoms with Crippen LogP contribution in [0.5, 0.6) is 0 Å². The molecule has 2 aliphatic heterocycles. The molecule has 0 radical (unpaired) electrons. The number of nitrogens with zero attached hydrogens (tertiary/aromatic N) is 2. The molecular weight excluding hydrogens is 348 g/mol. The van der Waals surface area contributed by atoms with E-state index in [9.17, 15) is 9.59 Å². The fourth-order valence-electron chi connectivity index (χ4n) is 2.49. The molecule has 150 valence electrons. The van der Waals surface area contributed by atoms with E-state index in [1.54, 1.807) is 0 Å². The van der Waals surface area contributed by atoms with Crippen molar-refractivity contribution in [3.63, 3.8) is 0 Å². The molecule has 2 N–H and O–H groups in total. The summed E-state index contributed by atoms with van der Waals surface area (Å²) in [5.74, 6) is 0. The standard InChI is InChI=1S/C11H14N2O2.C8H16N2O2/c14-11(13-8-4-7-12-13)15-9-10-5-2-1-3-6-10;1-8(2,3)12-7(11)10-6-4-5-9-10/h1-3,5-6,12H,4,7-9H2;9H,4-6H2,1-3H3. The number of rotatable bonds is 2. The molecule has 0 unspecified atom stereocenters. The van der Waals surface area contributed by atoms with Crippen LogP contribution in [-0.2, 0) is 16.1 Å². The molecule has 2 saturated heterocycles. The molecule has 1 aromatic carbocycles. The number of hydrogen-bond donors (Lipinski definition) is 2. The molecule has 8 nitrogen and oxygen atoms in total. The summed E-state index contributed by atoms with van der Waals surface area (Å²) in [6, 6.07) is 9.66. The number of carbonyl (C=O) groups is 2. The minimum atomic E-state index is -0.401. The Morgan fingerprint density at radius 3 is 2.00 bits per heavy atom. The maximum atomic E-state index is 11.5. The highest BCUT2D eigenvalue weighted by Crippen LogP contribution is 2.10. The molecule has 2 fully saturated rings. The van der Waals surface area contributed by atoms with E-state index in [0.717, 1.165) is 44.6 Å². The Labute approximate surface area is 160 Å². The lowest BCUT2D eigenvalue weighted by Gasteiger charge is -2.23. The van der Waals surface area contributed by atoms with Crippen molar-refractivity contribution in [2.45, 2.75) is 45.8 Å². The Morgan fingerprint density at radius 1 is 0.963 bits per heavy atom. The first-order valence-corrected chi connectivity index (χ1v) is 9.31. The first-order chi connectivity index (χ1) is 12.8. The zero-order valence-corrected chi connectivity index (χ0v) is 16.4. The molecule has 2 amide bonds. The van der Waals surface area contributed by atoms with E-state index in [4.69, 9.17) is 9.47 Å². The van der Waals surface area contributed by atoms with Gasteiger partial charge in [0.2, 0.25) is 0 Å². The van der Waals surface area contributed by atoms with Crippen LogP contribution in [0.4, 0.5) is 9.59 Å². The number of benzene rings is 1. The van der Waals surface area contributed by atoms with Crippen LogP contribution in [-0.4, -0.2) is 54.0 Å². The van der Waals surface area contributed by atoms with Crippen molar-refractivity contribution in [1.82, 2.24) is 20.9 Å². The van der Waals surface area contributed by atoms with Gasteiger partial charge in [-0.3, -0.25) is 0 Å². The lowest BCUT2D eigenvalue weighted by molar-refractivity contribution is 0.0211. The van der Waals surface area contributed by atoms with Crippen LogP contribution >= 0.6 is 0 Å². The third-order valence-electron chi connectivity index (χ3n) is 3.76. The van der Waals surface area contributed by atoms with Gasteiger partial charge in [-0.15, -0.1) is 0 Å². The predicted molar refractivity (Wildman–Crippen MR) is 102 cm³/mol. The fourth-order valence-corrected chi connectivity index (χ4v) is 2.49. The van der Waals surface area contributed by atoms with E-state index in [1.807, 2.05) is 51.1 Å². The van der Waals surface area contributed by atoms with Gasteiger partial charge in [-0.2, -0.15) is 0 Å². The molecule has 0 aromatic heterocycles. The van der Waals surface area contributed by atoms with Crippen molar-refractivity contribution < 1.29 is 19.1 Å². The third kappa shape index (κ3) is 7.84. The van der Waals surface area contributed by atoms with E-state index in [-0.39, 0.29) is 12.2 Å². The summed E-state index contributed by atoms with van der Waals surface area (Å²) in [6.45, 7) is 9.10. The molecule has 0 aliphatic carbocycles. The molecule has 0 saturated carbocycles. The average molecular weight is 378 g/mol. The Kier molecular flexibility index (Phi) is 7.87. The normalized spacial score (nSPS) is 16.6. The van der Waals surface area contributed by atoms with Crippen LogP contribution in [0.15, 0.2) is 30.3 Å². The highest BCUT2D eigenvalue weighted by Gasteiger charge is 2.24. The number of carbonyl (C=O) groups excluding carboxylic acids is 2. The smallest absolute Gasteiger partial charge is 0.424 e. The van der Waals surface area contributed by atoms with Crippen molar-refractivity contribution in [3.8, 4) is 0 Å². The lowest BCUT2D eigenvalue weighted by Crippen LogP contribution is -2.40. The highest BCUT2D eigenvalue weighted by molar-refractivity contribution is 5.67. The second-order valence-electron chi connectivity index (χ2n) is 7.35. The number of amides is 2. The van der Waals surface area contributed by atoms with Crippen molar-refractivity contribution in [1.29, 1.82) is 0 Å². The molecule has 2 heterocycles. The summed E-state index contributed by atoms with van der Waals surface area (Å²) in [6.07, 6.45) is 1.41. The number of ether oxygens (including phenoxy) is 2. The Balaban J connectivity index is 0.000000199. The lowest BCUT2D eigenvalue weighted by atomic mass is 10.2. The van der Waals surface area contributed by atoms with Gasteiger partial charge < -0.3 is 9.47 Å². The summed E-state index contributed by atoms with van der Waals surface area (Å²) >= 11 is 0. The molecule has 8 heteroatoms. The largest absolute Gasteiger partial charge is 0.444 e. The third-order valence-corrected chi connectivity index (χ3v) is 3.76. The van der Waals surface area contributed by atoms with Crippen molar-refractivity contribution in [2.24, 2.45) is 0 Å². The first-order valence-electron chi connectivity index (χ1n) is 9.31. The van der Waals surface area contributed by atoms with Crippen LogP contribution in [0, 0.1) is 0 Å². The van der Waals surface area contributed by atoms with Gasteiger partial charge in [0.05, 0.1) is 0 Å². The quantitative estimate of drug-likeness (QED) is 0.823. The molecule has 0 atom stereocenters. The van der Waals surface area contributed by atoms with Crippen LogP contribution in [0.3, 0.4) is 0 Å². The summed E-state index contributed by atoms with van der Waals surface area (Å²) < 4.78 is 10.3. The van der Waals surface area contributed by atoms with Gasteiger partial charge in [-0.05, 0) is 39.2 Å². The monoisotopic (exact) mass is 378 g/mol. The predicted octanol–water partition coefficient (Wildman–Crippen LogP) is 2.67. The summed E-state index contributed by atoms with van der Waals surface area (Å²) in [4.78, 5) is 22.8. The van der Waals surface area contributed by atoms with Gasteiger partial charge in [0.25, 0.3) is 0 Å². The number of hydrogen-bond acceptors (Lipinski definition) is 6. The number of hydrazine groups is 2. The molecule has 27 heavy (non-hydrogen) atoms. The van der Waals surface area contributed by atoms with E-state index < -0.39 is 5.60 Å². The summed E-state index contributed by atoms with van der Waals surface area (Å²) in [5, 5.41) is 3.04. The van der Waals surface area contributed by atoms with Gasteiger partial charge in [-0.1, -0.05) is 30.3 Å². The Hall–Kier alpha value is -2.32. The summed E-state index contributed by atoms with van der Waals surface area (Å²) in [5.41, 5.74) is 6.49. The number of nitrogens with one attached hydrogen (secondary N) is 2. The maximum Gasteiger partial charge on any atom is 0.424 e. The van der Waals surface area contributed by atoms with Gasteiger partial charge in [0.1, 0.15) is 12.2 Å². The average Bonchev–Trinajstić information content (AvgIpc) is 3.33. The fraction of sp³-hybridized carbons (Fsp3) is 0.579. The molecule has 0 bridgehead atoms. The van der Waals surface area contributed by atoms with Gasteiger partial charge in [0, 0.05) is 26.2 Å². The molecular formula is C19H30N4O4. The minimum absolute atomic E-state index is 0.278. The van der Waals surface area contributed by atoms with Gasteiger partial charge >= 0.3 is 12.2 Å². The zero-order chi connectivity index (χ0) is 19.7. The zero-order valence-electron chi connectivity index (χ0n) is 16.4. The topological polar surface area (TPSA) is 83.1 Å². The van der Waals surface area contributed by atoms with E-state index in [0.29, 0.717) is 6.61 Å². The second-order valence-corrected chi connectivity index (χ2v) is 7.35.